The SMILES string of the molecule is Cn1ccc2c(N3CCOC(C(=O)N4CCc5ccccc5C4)C3)ncnc21. The van der Waals surface area contributed by atoms with Crippen molar-refractivity contribution >= 4 is 22.8 Å². The van der Waals surface area contributed by atoms with Crippen LogP contribution < -0.4 is 4.90 Å². The summed E-state index contributed by atoms with van der Waals surface area (Å²) in [6.45, 7) is 3.14. The molecule has 28 heavy (non-hydrogen) atoms. The van der Waals surface area contributed by atoms with Crippen LogP contribution in [0, 0.1) is 0 Å². The first kappa shape index (κ1) is 17.2. The van der Waals surface area contributed by atoms with Crippen molar-refractivity contribution < 1.29 is 9.53 Å². The molecule has 1 unspecified atom stereocenters. The molecule has 144 valence electrons. The van der Waals surface area contributed by atoms with Crippen LogP contribution in [0.3, 0.4) is 0 Å². The third-order valence-electron chi connectivity index (χ3n) is 5.72. The normalized spacial score (nSPS) is 19.7. The zero-order chi connectivity index (χ0) is 19.1. The molecule has 4 heterocycles. The number of amides is 1. The number of carbonyl (C=O) groups is 1. The lowest BCUT2D eigenvalue weighted by atomic mass is 9.99. The maximum Gasteiger partial charge on any atom is 0.253 e. The number of anilines is 1. The molecule has 1 saturated heterocycles. The summed E-state index contributed by atoms with van der Waals surface area (Å²) in [4.78, 5) is 26.1. The molecule has 1 aromatic carbocycles. The van der Waals surface area contributed by atoms with Gasteiger partial charge in [-0.25, -0.2) is 9.97 Å². The van der Waals surface area contributed by atoms with Crippen LogP contribution in [0.1, 0.15) is 11.1 Å². The van der Waals surface area contributed by atoms with E-state index in [2.05, 4.69) is 33.1 Å². The highest BCUT2D eigenvalue weighted by Gasteiger charge is 2.33. The number of aromatic nitrogens is 3. The average molecular weight is 377 g/mol. The van der Waals surface area contributed by atoms with Gasteiger partial charge in [-0.15, -0.1) is 0 Å². The van der Waals surface area contributed by atoms with Crippen LogP contribution in [0.25, 0.3) is 11.0 Å². The molecule has 0 bridgehead atoms. The van der Waals surface area contributed by atoms with Crippen molar-refractivity contribution in [1.82, 2.24) is 19.4 Å². The topological polar surface area (TPSA) is 63.5 Å². The van der Waals surface area contributed by atoms with Gasteiger partial charge in [0.1, 0.15) is 17.8 Å². The summed E-state index contributed by atoms with van der Waals surface area (Å²) in [7, 11) is 1.97. The molecule has 1 fully saturated rings. The molecule has 3 aromatic rings. The van der Waals surface area contributed by atoms with Gasteiger partial charge in [0.15, 0.2) is 6.10 Å². The minimum Gasteiger partial charge on any atom is -0.365 e. The molecule has 2 aliphatic rings. The lowest BCUT2D eigenvalue weighted by molar-refractivity contribution is -0.145. The third kappa shape index (κ3) is 2.92. The van der Waals surface area contributed by atoms with Gasteiger partial charge in [-0.05, 0) is 23.6 Å². The fourth-order valence-corrected chi connectivity index (χ4v) is 4.19. The van der Waals surface area contributed by atoms with Gasteiger partial charge in [0.25, 0.3) is 5.91 Å². The highest BCUT2D eigenvalue weighted by molar-refractivity contribution is 5.88. The van der Waals surface area contributed by atoms with Crippen LogP contribution in [0.4, 0.5) is 5.82 Å². The number of aryl methyl sites for hydroxylation is 1. The lowest BCUT2D eigenvalue weighted by Crippen LogP contribution is -2.52. The second-order valence-corrected chi connectivity index (χ2v) is 7.45. The molecule has 2 aromatic heterocycles. The number of hydrogen-bond acceptors (Lipinski definition) is 5. The number of rotatable bonds is 2. The van der Waals surface area contributed by atoms with E-state index in [1.165, 1.54) is 11.1 Å². The number of benzene rings is 1. The molecule has 7 nitrogen and oxygen atoms in total. The van der Waals surface area contributed by atoms with Crippen LogP contribution in [0.2, 0.25) is 0 Å². The minimum atomic E-state index is -0.465. The van der Waals surface area contributed by atoms with E-state index in [4.69, 9.17) is 4.74 Å². The van der Waals surface area contributed by atoms with E-state index < -0.39 is 6.10 Å². The van der Waals surface area contributed by atoms with E-state index in [0.29, 0.717) is 26.2 Å². The quantitative estimate of drug-likeness (QED) is 0.681. The number of carbonyl (C=O) groups excluding carboxylic acids is 1. The molecule has 5 rings (SSSR count). The summed E-state index contributed by atoms with van der Waals surface area (Å²) in [5, 5.41) is 1.00. The van der Waals surface area contributed by atoms with Crippen molar-refractivity contribution in [2.75, 3.05) is 31.1 Å². The average Bonchev–Trinajstić information content (AvgIpc) is 3.14. The van der Waals surface area contributed by atoms with Crippen molar-refractivity contribution in [3.8, 4) is 0 Å². The Bertz CT molecular complexity index is 1030. The summed E-state index contributed by atoms with van der Waals surface area (Å²) >= 11 is 0. The highest BCUT2D eigenvalue weighted by atomic mass is 16.5. The molecule has 1 atom stereocenters. The number of nitrogens with zero attached hydrogens (tertiary/aromatic N) is 5. The van der Waals surface area contributed by atoms with Crippen molar-refractivity contribution in [2.24, 2.45) is 7.05 Å². The van der Waals surface area contributed by atoms with Gasteiger partial charge < -0.3 is 19.1 Å². The summed E-state index contributed by atoms with van der Waals surface area (Å²) < 4.78 is 7.85. The third-order valence-corrected chi connectivity index (χ3v) is 5.72. The predicted molar refractivity (Wildman–Crippen MR) is 106 cm³/mol. The molecule has 0 N–H and O–H groups in total. The first-order chi connectivity index (χ1) is 13.7. The minimum absolute atomic E-state index is 0.0672. The van der Waals surface area contributed by atoms with E-state index in [0.717, 1.165) is 29.8 Å². The monoisotopic (exact) mass is 377 g/mol. The molecule has 1 amide bonds. The van der Waals surface area contributed by atoms with Crippen LogP contribution >= 0.6 is 0 Å². The molecule has 0 saturated carbocycles. The summed E-state index contributed by atoms with van der Waals surface area (Å²) in [5.41, 5.74) is 3.47. The lowest BCUT2D eigenvalue weighted by Gasteiger charge is -2.37. The van der Waals surface area contributed by atoms with E-state index in [1.807, 2.05) is 34.8 Å². The molecule has 0 aliphatic carbocycles. The van der Waals surface area contributed by atoms with Gasteiger partial charge in [-0.1, -0.05) is 24.3 Å². The number of hydrogen-bond donors (Lipinski definition) is 0. The van der Waals surface area contributed by atoms with Crippen molar-refractivity contribution in [2.45, 2.75) is 19.1 Å². The molecule has 2 aliphatic heterocycles. The van der Waals surface area contributed by atoms with Gasteiger partial charge in [0.05, 0.1) is 18.5 Å². The van der Waals surface area contributed by atoms with Gasteiger partial charge in [-0.3, -0.25) is 4.79 Å². The zero-order valence-electron chi connectivity index (χ0n) is 15.9. The molecular formula is C21H23N5O2. The Kier molecular flexibility index (Phi) is 4.24. The van der Waals surface area contributed by atoms with E-state index in [-0.39, 0.29) is 5.91 Å². The number of ether oxygens (including phenoxy) is 1. The van der Waals surface area contributed by atoms with Crippen molar-refractivity contribution in [3.05, 3.63) is 54.0 Å². The maximum atomic E-state index is 13.1. The maximum absolute atomic E-state index is 13.1. The smallest absolute Gasteiger partial charge is 0.253 e. The largest absolute Gasteiger partial charge is 0.365 e. The van der Waals surface area contributed by atoms with Gasteiger partial charge in [0.2, 0.25) is 0 Å². The Morgan fingerprint density at radius 1 is 1.14 bits per heavy atom. The van der Waals surface area contributed by atoms with E-state index >= 15 is 0 Å². The molecule has 7 heteroatoms. The van der Waals surface area contributed by atoms with Gasteiger partial charge in [0, 0.05) is 32.9 Å². The van der Waals surface area contributed by atoms with Crippen molar-refractivity contribution in [3.63, 3.8) is 0 Å². The van der Waals surface area contributed by atoms with Gasteiger partial charge >= 0.3 is 0 Å². The highest BCUT2D eigenvalue weighted by Crippen LogP contribution is 2.26. The second kappa shape index (κ2) is 6.91. The summed E-state index contributed by atoms with van der Waals surface area (Å²) in [6.07, 6.45) is 4.00. The van der Waals surface area contributed by atoms with Crippen LogP contribution in [-0.4, -0.2) is 57.7 Å². The summed E-state index contributed by atoms with van der Waals surface area (Å²) in [5.74, 6) is 0.938. The van der Waals surface area contributed by atoms with Crippen LogP contribution in [-0.2, 0) is 29.5 Å². The fraction of sp³-hybridized carbons (Fsp3) is 0.381. The van der Waals surface area contributed by atoms with Crippen molar-refractivity contribution in [1.29, 1.82) is 0 Å². The van der Waals surface area contributed by atoms with Crippen LogP contribution in [0.15, 0.2) is 42.9 Å². The standard InChI is InChI=1S/C21H23N5O2/c1-24-8-7-17-19(24)22-14-23-20(17)25-10-11-28-18(13-25)21(27)26-9-6-15-4-2-3-5-16(15)12-26/h2-5,7-8,14,18H,6,9-13H2,1H3. The summed E-state index contributed by atoms with van der Waals surface area (Å²) in [6, 6.07) is 10.4. The van der Waals surface area contributed by atoms with Crippen LogP contribution in [0.5, 0.6) is 0 Å². The Morgan fingerprint density at radius 2 is 2.00 bits per heavy atom. The Hall–Kier alpha value is -2.93. The van der Waals surface area contributed by atoms with E-state index in [1.54, 1.807) is 6.33 Å². The molecule has 0 spiro atoms. The molecular weight excluding hydrogens is 354 g/mol. The Morgan fingerprint density at radius 3 is 2.89 bits per heavy atom. The Labute approximate surface area is 163 Å². The zero-order valence-corrected chi connectivity index (χ0v) is 15.9. The number of fused-ring (bicyclic) bond motifs is 2. The second-order valence-electron chi connectivity index (χ2n) is 7.45. The molecule has 0 radical (unpaired) electrons. The Balaban J connectivity index is 1.35. The van der Waals surface area contributed by atoms with E-state index in [9.17, 15) is 4.79 Å². The predicted octanol–water partition coefficient (Wildman–Crippen LogP) is 1.76. The van der Waals surface area contributed by atoms with Gasteiger partial charge in [-0.2, -0.15) is 0 Å². The first-order valence-corrected chi connectivity index (χ1v) is 9.69. The number of morpholine rings is 1. The fourth-order valence-electron chi connectivity index (χ4n) is 4.19. The first-order valence-electron chi connectivity index (χ1n) is 9.69.